The van der Waals surface area contributed by atoms with Gasteiger partial charge in [-0.25, -0.2) is 0 Å². The lowest BCUT2D eigenvalue weighted by Crippen LogP contribution is -2.58. The number of nitrogens with one attached hydrogen (secondary N) is 3. The van der Waals surface area contributed by atoms with E-state index in [0.29, 0.717) is 38.6 Å². The minimum atomic E-state index is -1.07. The molecule has 13 N–H and O–H groups in total. The van der Waals surface area contributed by atoms with Crippen LogP contribution in [0.2, 0.25) is 0 Å². The molecular weight excluding hydrogens is 550 g/mol. The predicted molar refractivity (Wildman–Crippen MR) is 166 cm³/mol. The smallest absolute Gasteiger partial charge is 0.243 e. The van der Waals surface area contributed by atoms with Crippen molar-refractivity contribution in [2.24, 2.45) is 33.7 Å². The van der Waals surface area contributed by atoms with Crippen LogP contribution in [0.3, 0.4) is 0 Å². The number of aliphatic imine (C=N–C) groups is 1. The number of rotatable bonds is 19. The van der Waals surface area contributed by atoms with Crippen LogP contribution in [-0.2, 0) is 32.0 Å². The molecule has 13 nitrogen and oxygen atoms in total. The second-order valence-electron chi connectivity index (χ2n) is 10.3. The molecule has 0 fully saturated rings. The number of amides is 4. The molecular formula is C30H45N9O4. The molecule has 2 aromatic rings. The SMILES string of the molecule is NCCCC[C@H](NC(=O)[C@@H](N)Cc1ccccc1)C(=O)N[C@@H](Cc1ccccc1)C(=O)N[C@@H](CCCN=C(N)N)C(N)=O. The van der Waals surface area contributed by atoms with E-state index < -0.39 is 47.8 Å². The van der Waals surface area contributed by atoms with Crippen LogP contribution < -0.4 is 44.6 Å². The van der Waals surface area contributed by atoms with Crippen LogP contribution in [0, 0.1) is 0 Å². The number of carbonyl (C=O) groups excluding carboxylic acids is 4. The van der Waals surface area contributed by atoms with Gasteiger partial charge in [-0.15, -0.1) is 0 Å². The maximum absolute atomic E-state index is 13.5. The van der Waals surface area contributed by atoms with Gasteiger partial charge in [0.05, 0.1) is 6.04 Å². The number of hydrogen-bond donors (Lipinski definition) is 8. The summed E-state index contributed by atoms with van der Waals surface area (Å²) in [6.07, 6.45) is 2.51. The Kier molecular flexibility index (Phi) is 15.2. The van der Waals surface area contributed by atoms with Gasteiger partial charge in [-0.1, -0.05) is 60.7 Å². The van der Waals surface area contributed by atoms with Crippen LogP contribution >= 0.6 is 0 Å². The number of guanidine groups is 1. The van der Waals surface area contributed by atoms with Gasteiger partial charge in [0.25, 0.3) is 0 Å². The summed E-state index contributed by atoms with van der Waals surface area (Å²) in [6.45, 7) is 0.676. The second kappa shape index (κ2) is 18.8. The molecule has 2 aromatic carbocycles. The maximum Gasteiger partial charge on any atom is 0.243 e. The highest BCUT2D eigenvalue weighted by molar-refractivity contribution is 5.94. The van der Waals surface area contributed by atoms with Crippen LogP contribution in [0.4, 0.5) is 0 Å². The fraction of sp³-hybridized carbons (Fsp3) is 0.433. The van der Waals surface area contributed by atoms with E-state index in [0.717, 1.165) is 11.1 Å². The van der Waals surface area contributed by atoms with E-state index in [9.17, 15) is 19.2 Å². The third-order valence-electron chi connectivity index (χ3n) is 6.74. The number of hydrogen-bond acceptors (Lipinski definition) is 7. The van der Waals surface area contributed by atoms with Crippen molar-refractivity contribution in [3.05, 3.63) is 71.8 Å². The van der Waals surface area contributed by atoms with Crippen molar-refractivity contribution in [1.29, 1.82) is 0 Å². The van der Waals surface area contributed by atoms with E-state index in [1.807, 2.05) is 60.7 Å². The third-order valence-corrected chi connectivity index (χ3v) is 6.74. The van der Waals surface area contributed by atoms with E-state index in [2.05, 4.69) is 20.9 Å². The zero-order chi connectivity index (χ0) is 31.6. The first kappa shape index (κ1) is 34.7. The van der Waals surface area contributed by atoms with Gasteiger partial charge in [-0.2, -0.15) is 0 Å². The number of primary amides is 1. The van der Waals surface area contributed by atoms with Gasteiger partial charge in [-0.05, 0) is 56.2 Å². The number of unbranched alkanes of at least 4 members (excludes halogenated alkanes) is 1. The minimum absolute atomic E-state index is 0.0839. The molecule has 0 unspecified atom stereocenters. The summed E-state index contributed by atoms with van der Waals surface area (Å²) in [5.41, 5.74) is 29.7. The lowest BCUT2D eigenvalue weighted by molar-refractivity contribution is -0.133. The number of carbonyl (C=O) groups is 4. The molecule has 0 spiro atoms. The summed E-state index contributed by atoms with van der Waals surface area (Å²) in [5.74, 6) is -2.47. The van der Waals surface area contributed by atoms with Crippen molar-refractivity contribution in [1.82, 2.24) is 16.0 Å². The summed E-state index contributed by atoms with van der Waals surface area (Å²) in [6, 6.07) is 14.5. The van der Waals surface area contributed by atoms with E-state index in [1.54, 1.807) is 0 Å². The molecule has 0 bridgehead atoms. The van der Waals surface area contributed by atoms with Crippen LogP contribution in [0.15, 0.2) is 65.7 Å². The Morgan fingerprint density at radius 1 is 0.651 bits per heavy atom. The number of nitrogens with two attached hydrogens (primary N) is 5. The van der Waals surface area contributed by atoms with E-state index in [-0.39, 0.29) is 25.3 Å². The van der Waals surface area contributed by atoms with Crippen LogP contribution in [0.1, 0.15) is 43.2 Å². The lowest BCUT2D eigenvalue weighted by Gasteiger charge is -2.25. The topological polar surface area (TPSA) is 247 Å². The summed E-state index contributed by atoms with van der Waals surface area (Å²) in [4.78, 5) is 55.9. The molecule has 43 heavy (non-hydrogen) atoms. The Labute approximate surface area is 252 Å². The van der Waals surface area contributed by atoms with Crippen LogP contribution in [-0.4, -0.2) is 66.8 Å². The summed E-state index contributed by atoms with van der Waals surface area (Å²) in [7, 11) is 0. The fourth-order valence-corrected chi connectivity index (χ4v) is 4.39. The van der Waals surface area contributed by atoms with Gasteiger partial charge in [0.1, 0.15) is 18.1 Å². The highest BCUT2D eigenvalue weighted by atomic mass is 16.2. The van der Waals surface area contributed by atoms with Crippen molar-refractivity contribution < 1.29 is 19.2 Å². The van der Waals surface area contributed by atoms with Gasteiger partial charge < -0.3 is 44.6 Å². The Hall–Kier alpha value is -4.49. The maximum atomic E-state index is 13.5. The molecule has 0 aromatic heterocycles. The normalized spacial score (nSPS) is 13.5. The first-order valence-electron chi connectivity index (χ1n) is 14.4. The first-order valence-corrected chi connectivity index (χ1v) is 14.4. The molecule has 0 saturated heterocycles. The number of benzene rings is 2. The van der Waals surface area contributed by atoms with Crippen molar-refractivity contribution in [2.75, 3.05) is 13.1 Å². The first-order chi connectivity index (χ1) is 20.6. The molecule has 4 atom stereocenters. The third kappa shape index (κ3) is 13.4. The lowest BCUT2D eigenvalue weighted by atomic mass is 10.0. The average Bonchev–Trinajstić information content (AvgIpc) is 2.98. The van der Waals surface area contributed by atoms with E-state index >= 15 is 0 Å². The largest absolute Gasteiger partial charge is 0.370 e. The van der Waals surface area contributed by atoms with Crippen molar-refractivity contribution in [3.8, 4) is 0 Å². The van der Waals surface area contributed by atoms with Gasteiger partial charge in [0.15, 0.2) is 5.96 Å². The molecule has 0 saturated carbocycles. The zero-order valence-corrected chi connectivity index (χ0v) is 24.4. The Morgan fingerprint density at radius 2 is 1.16 bits per heavy atom. The zero-order valence-electron chi connectivity index (χ0n) is 24.4. The molecule has 13 heteroatoms. The van der Waals surface area contributed by atoms with Crippen molar-refractivity contribution in [2.45, 2.75) is 69.1 Å². The van der Waals surface area contributed by atoms with Gasteiger partial charge in [0, 0.05) is 13.0 Å². The summed E-state index contributed by atoms with van der Waals surface area (Å²) >= 11 is 0. The molecule has 0 aliphatic carbocycles. The Bertz CT molecular complexity index is 1190. The molecule has 0 radical (unpaired) electrons. The van der Waals surface area contributed by atoms with Crippen LogP contribution in [0.25, 0.3) is 0 Å². The molecule has 234 valence electrons. The Morgan fingerprint density at radius 3 is 1.72 bits per heavy atom. The summed E-state index contributed by atoms with van der Waals surface area (Å²) < 4.78 is 0. The Balaban J connectivity index is 2.18. The van der Waals surface area contributed by atoms with E-state index in [1.165, 1.54) is 0 Å². The van der Waals surface area contributed by atoms with Crippen molar-refractivity contribution in [3.63, 3.8) is 0 Å². The molecule has 4 amide bonds. The monoisotopic (exact) mass is 595 g/mol. The average molecular weight is 596 g/mol. The second-order valence-corrected chi connectivity index (χ2v) is 10.3. The highest BCUT2D eigenvalue weighted by Crippen LogP contribution is 2.09. The highest BCUT2D eigenvalue weighted by Gasteiger charge is 2.30. The van der Waals surface area contributed by atoms with Crippen LogP contribution in [0.5, 0.6) is 0 Å². The van der Waals surface area contributed by atoms with Gasteiger partial charge in [-0.3, -0.25) is 24.2 Å². The van der Waals surface area contributed by atoms with Crippen molar-refractivity contribution >= 4 is 29.6 Å². The minimum Gasteiger partial charge on any atom is -0.370 e. The van der Waals surface area contributed by atoms with Gasteiger partial charge >= 0.3 is 0 Å². The summed E-state index contributed by atoms with van der Waals surface area (Å²) in [5, 5.41) is 8.16. The molecule has 0 aliphatic rings. The molecule has 2 rings (SSSR count). The predicted octanol–water partition coefficient (Wildman–Crippen LogP) is -1.08. The standard InChI is InChI=1S/C30H45N9O4/c31-16-8-7-14-24(38-27(41)22(32)18-20-10-3-1-4-11-20)28(42)39-25(19-21-12-5-2-6-13-21)29(43)37-23(26(33)40)15-9-17-36-30(34)35/h1-6,10-13,22-25H,7-9,14-19,31-32H2,(H2,33,40)(H,37,43)(H,38,41)(H,39,42)(H4,34,35,36)/t22-,23-,24-,25-/m0/s1. The van der Waals surface area contributed by atoms with E-state index in [4.69, 9.17) is 28.7 Å². The number of nitrogens with zero attached hydrogens (tertiary/aromatic N) is 1. The fourth-order valence-electron chi connectivity index (χ4n) is 4.39. The molecule has 0 aliphatic heterocycles. The quantitative estimate of drug-likeness (QED) is 0.0562. The van der Waals surface area contributed by atoms with Gasteiger partial charge in [0.2, 0.25) is 23.6 Å². The molecule has 0 heterocycles.